The Labute approximate surface area is 170 Å². The van der Waals surface area contributed by atoms with Crippen LogP contribution in [0.25, 0.3) is 0 Å². The van der Waals surface area contributed by atoms with Crippen LogP contribution >= 0.6 is 0 Å². The molecule has 0 aliphatic heterocycles. The number of unbranched alkanes of at least 4 members (excludes halogenated alkanes) is 12. The summed E-state index contributed by atoms with van der Waals surface area (Å²) >= 11 is 0. The van der Waals surface area contributed by atoms with Gasteiger partial charge in [0.2, 0.25) is 0 Å². The highest BCUT2D eigenvalue weighted by molar-refractivity contribution is 5.80. The number of carbonyl (C=O) groups excluding carboxylic acids is 1. The largest absolute Gasteiger partial charge is 0.459 e. The predicted octanol–water partition coefficient (Wildman–Crippen LogP) is 7.31. The lowest BCUT2D eigenvalue weighted by molar-refractivity contribution is -0.162. The first kappa shape index (κ1) is 26.4. The van der Waals surface area contributed by atoms with Crippen molar-refractivity contribution >= 4 is 5.97 Å². The van der Waals surface area contributed by atoms with Crippen LogP contribution in [0.15, 0.2) is 0 Å². The first-order chi connectivity index (χ1) is 12.7. The van der Waals surface area contributed by atoms with Gasteiger partial charge < -0.3 is 10.5 Å². The van der Waals surface area contributed by atoms with E-state index in [1.807, 2.05) is 20.8 Å². The fraction of sp³-hybridized carbons (Fsp3) is 0.958. The third kappa shape index (κ3) is 15.1. The zero-order valence-corrected chi connectivity index (χ0v) is 19.2. The van der Waals surface area contributed by atoms with Crippen molar-refractivity contribution < 1.29 is 9.53 Å². The molecule has 162 valence electrons. The van der Waals surface area contributed by atoms with Crippen molar-refractivity contribution in [2.24, 2.45) is 5.73 Å². The number of rotatable bonds is 17. The third-order valence-corrected chi connectivity index (χ3v) is 5.26. The van der Waals surface area contributed by atoms with E-state index >= 15 is 0 Å². The fourth-order valence-electron chi connectivity index (χ4n) is 3.50. The second-order valence-electron chi connectivity index (χ2n) is 9.40. The van der Waals surface area contributed by atoms with Crippen LogP contribution in [0.2, 0.25) is 0 Å². The zero-order chi connectivity index (χ0) is 20.6. The van der Waals surface area contributed by atoms with Crippen LogP contribution in [-0.2, 0) is 9.53 Å². The Morgan fingerprint density at radius 3 is 1.33 bits per heavy atom. The molecule has 0 spiro atoms. The van der Waals surface area contributed by atoms with Gasteiger partial charge in [0.05, 0.1) is 0 Å². The molecule has 0 aromatic rings. The molecule has 0 heterocycles. The van der Waals surface area contributed by atoms with Crippen LogP contribution < -0.4 is 5.73 Å². The first-order valence-corrected chi connectivity index (χ1v) is 11.8. The van der Waals surface area contributed by atoms with Crippen molar-refractivity contribution in [2.45, 2.75) is 148 Å². The number of esters is 1. The maximum atomic E-state index is 12.7. The molecule has 0 aromatic heterocycles. The predicted molar refractivity (Wildman–Crippen MR) is 118 cm³/mol. The summed E-state index contributed by atoms with van der Waals surface area (Å²) in [4.78, 5) is 12.7. The van der Waals surface area contributed by atoms with Crippen molar-refractivity contribution in [3.63, 3.8) is 0 Å². The summed E-state index contributed by atoms with van der Waals surface area (Å²) in [6.07, 6.45) is 18.9. The van der Waals surface area contributed by atoms with Gasteiger partial charge in [0.25, 0.3) is 0 Å². The number of ether oxygens (including phenoxy) is 1. The Bertz CT molecular complexity index is 362. The molecule has 0 amide bonds. The summed E-state index contributed by atoms with van der Waals surface area (Å²) in [6.45, 7) is 10.3. The van der Waals surface area contributed by atoms with Crippen LogP contribution in [0.5, 0.6) is 0 Å². The van der Waals surface area contributed by atoms with E-state index < -0.39 is 11.1 Å². The zero-order valence-electron chi connectivity index (χ0n) is 19.2. The summed E-state index contributed by atoms with van der Waals surface area (Å²) in [7, 11) is 0. The average Bonchev–Trinajstić information content (AvgIpc) is 2.59. The third-order valence-electron chi connectivity index (χ3n) is 5.26. The molecule has 1 atom stereocenters. The molecule has 27 heavy (non-hydrogen) atoms. The summed E-state index contributed by atoms with van der Waals surface area (Å²) in [6, 6.07) is 0. The molecule has 0 fully saturated rings. The first-order valence-electron chi connectivity index (χ1n) is 11.8. The standard InChI is InChI=1S/C24H49NO2/c1-6-8-10-12-14-15-17-19-21-24(25,22(26)27-23(3,4)5)20-18-16-13-11-9-7-2/h6-21,25H2,1-5H3. The molecule has 2 N–H and O–H groups in total. The molecule has 0 aliphatic rings. The van der Waals surface area contributed by atoms with E-state index in [4.69, 9.17) is 10.5 Å². The van der Waals surface area contributed by atoms with E-state index in [0.29, 0.717) is 0 Å². The lowest BCUT2D eigenvalue weighted by atomic mass is 9.87. The highest BCUT2D eigenvalue weighted by atomic mass is 16.6. The molecule has 0 rings (SSSR count). The Morgan fingerprint density at radius 2 is 1.00 bits per heavy atom. The summed E-state index contributed by atoms with van der Waals surface area (Å²) in [5.41, 5.74) is 5.32. The van der Waals surface area contributed by atoms with Gasteiger partial charge in [-0.3, -0.25) is 4.79 Å². The molecule has 0 radical (unpaired) electrons. The van der Waals surface area contributed by atoms with Gasteiger partial charge in [-0.2, -0.15) is 0 Å². The Kier molecular flexibility index (Phi) is 15.0. The molecule has 3 heteroatoms. The summed E-state index contributed by atoms with van der Waals surface area (Å²) in [5, 5.41) is 0. The SMILES string of the molecule is CCCCCCCCCCC(N)(CCCCCCCC)C(=O)OC(C)(C)C. The van der Waals surface area contributed by atoms with Crippen LogP contribution in [0.4, 0.5) is 0 Å². The number of carbonyl (C=O) groups is 1. The van der Waals surface area contributed by atoms with Gasteiger partial charge in [-0.05, 0) is 33.6 Å². The summed E-state index contributed by atoms with van der Waals surface area (Å²) < 4.78 is 5.66. The van der Waals surface area contributed by atoms with E-state index in [-0.39, 0.29) is 5.97 Å². The summed E-state index contributed by atoms with van der Waals surface area (Å²) in [5.74, 6) is -0.202. The Balaban J connectivity index is 4.32. The second kappa shape index (κ2) is 15.4. The molecular formula is C24H49NO2. The van der Waals surface area contributed by atoms with Gasteiger partial charge in [-0.15, -0.1) is 0 Å². The van der Waals surface area contributed by atoms with Gasteiger partial charge >= 0.3 is 5.97 Å². The maximum absolute atomic E-state index is 12.7. The second-order valence-corrected chi connectivity index (χ2v) is 9.40. The van der Waals surface area contributed by atoms with Gasteiger partial charge in [0.15, 0.2) is 0 Å². The molecule has 0 bridgehead atoms. The van der Waals surface area contributed by atoms with Gasteiger partial charge in [0, 0.05) is 0 Å². The monoisotopic (exact) mass is 383 g/mol. The normalized spacial score (nSPS) is 14.1. The van der Waals surface area contributed by atoms with E-state index in [9.17, 15) is 4.79 Å². The van der Waals surface area contributed by atoms with Crippen LogP contribution in [0.1, 0.15) is 137 Å². The molecule has 0 saturated heterocycles. The smallest absolute Gasteiger partial charge is 0.326 e. The topological polar surface area (TPSA) is 52.3 Å². The quantitative estimate of drug-likeness (QED) is 0.212. The molecule has 3 nitrogen and oxygen atoms in total. The molecule has 1 unspecified atom stereocenters. The van der Waals surface area contributed by atoms with Gasteiger partial charge in [-0.1, -0.05) is 104 Å². The average molecular weight is 384 g/mol. The Hall–Kier alpha value is -0.570. The number of hydrogen-bond acceptors (Lipinski definition) is 3. The lowest BCUT2D eigenvalue weighted by Crippen LogP contribution is -2.51. The van der Waals surface area contributed by atoms with Gasteiger partial charge in [-0.25, -0.2) is 0 Å². The number of nitrogens with two attached hydrogens (primary N) is 1. The van der Waals surface area contributed by atoms with Crippen molar-refractivity contribution in [2.75, 3.05) is 0 Å². The highest BCUT2D eigenvalue weighted by Gasteiger charge is 2.36. The van der Waals surface area contributed by atoms with Gasteiger partial charge in [0.1, 0.15) is 11.1 Å². The Morgan fingerprint density at radius 1 is 0.667 bits per heavy atom. The van der Waals surface area contributed by atoms with Crippen molar-refractivity contribution in [1.29, 1.82) is 0 Å². The minimum atomic E-state index is -0.805. The van der Waals surface area contributed by atoms with E-state index in [1.54, 1.807) is 0 Å². The van der Waals surface area contributed by atoms with Crippen LogP contribution in [0, 0.1) is 0 Å². The molecule has 0 saturated carbocycles. The van der Waals surface area contributed by atoms with Crippen molar-refractivity contribution in [3.05, 3.63) is 0 Å². The maximum Gasteiger partial charge on any atom is 0.326 e. The van der Waals surface area contributed by atoms with Crippen LogP contribution in [-0.4, -0.2) is 17.1 Å². The molecule has 0 aromatic carbocycles. The minimum Gasteiger partial charge on any atom is -0.459 e. The van der Waals surface area contributed by atoms with Crippen molar-refractivity contribution in [3.8, 4) is 0 Å². The van der Waals surface area contributed by atoms with E-state index in [0.717, 1.165) is 25.7 Å². The van der Waals surface area contributed by atoms with Crippen molar-refractivity contribution in [1.82, 2.24) is 0 Å². The molecule has 0 aliphatic carbocycles. The lowest BCUT2D eigenvalue weighted by Gasteiger charge is -2.31. The fourth-order valence-corrected chi connectivity index (χ4v) is 3.50. The highest BCUT2D eigenvalue weighted by Crippen LogP contribution is 2.25. The molecular weight excluding hydrogens is 334 g/mol. The number of hydrogen-bond donors (Lipinski definition) is 1. The minimum absolute atomic E-state index is 0.202. The van der Waals surface area contributed by atoms with Crippen LogP contribution in [0.3, 0.4) is 0 Å². The van der Waals surface area contributed by atoms with E-state index in [1.165, 1.54) is 77.0 Å². The van der Waals surface area contributed by atoms with E-state index in [2.05, 4.69) is 13.8 Å².